The molecule has 80 heavy (non-hydrogen) atoms. The standard InChI is InChI=1S/C59H91N7O14/c1-15-35(8)50-47(69)30-49(71)80-53(34(6)7)52(72)37(10)54(73)60-41(26-32(2)3)58(77)65-24-16-18-42(65)48(70)31-63(12)44(29-39-20-22-40(79-14)23-21-39)46(68)28-36(9)51(56(75)61-50)62-55(74)45(27-33(4)5)64(13)59(78)43-19-17-25-66(43)57(76)38(11)67/h20-23,32-37,41-45,47,50-51,53,69H,15-19,24-31H2,1-14H3,(H,60,73)(H,61,75)(H,62,74)/t35-,36-,37-,41-,42-,43-,44-,45+,47-,50+,51-,53-/m0/s1. The van der Waals surface area contributed by atoms with Gasteiger partial charge in [0.25, 0.3) is 5.91 Å². The molecular weight excluding hydrogens is 1030 g/mol. The minimum atomic E-state index is -1.62. The number of carbonyl (C=O) groups excluding carboxylic acids is 11. The molecule has 3 fully saturated rings. The van der Waals surface area contributed by atoms with Crippen molar-refractivity contribution in [1.82, 2.24) is 35.6 Å². The van der Waals surface area contributed by atoms with E-state index in [0.717, 1.165) is 6.92 Å². The Balaban J connectivity index is 1.86. The number of likely N-dealkylation sites (tertiary alicyclic amines) is 1. The van der Waals surface area contributed by atoms with Crippen molar-refractivity contribution in [3.8, 4) is 5.75 Å². The number of esters is 1. The molecule has 0 spiro atoms. The van der Waals surface area contributed by atoms with E-state index in [2.05, 4.69) is 16.0 Å². The molecule has 0 bridgehead atoms. The van der Waals surface area contributed by atoms with Gasteiger partial charge in [-0.15, -0.1) is 0 Å². The number of amides is 6. The fourth-order valence-electron chi connectivity index (χ4n) is 11.1. The summed E-state index contributed by atoms with van der Waals surface area (Å²) in [6, 6.07) is -0.898. The highest BCUT2D eigenvalue weighted by Gasteiger charge is 2.44. The van der Waals surface area contributed by atoms with Crippen molar-refractivity contribution >= 4 is 64.5 Å². The molecule has 4 N–H and O–H groups in total. The molecule has 0 aromatic heterocycles. The minimum absolute atomic E-state index is 0.0962. The molecule has 0 aliphatic carbocycles. The Bertz CT molecular complexity index is 2390. The summed E-state index contributed by atoms with van der Waals surface area (Å²) in [6.45, 7) is 18.4. The van der Waals surface area contributed by atoms with Crippen LogP contribution in [0.1, 0.15) is 140 Å². The number of ketones is 4. The number of nitrogens with one attached hydrogen (secondary N) is 3. The fourth-order valence-corrected chi connectivity index (χ4v) is 11.1. The van der Waals surface area contributed by atoms with E-state index in [-0.39, 0.29) is 69.4 Å². The monoisotopic (exact) mass is 1120 g/mol. The Morgan fingerprint density at radius 1 is 0.863 bits per heavy atom. The molecule has 3 heterocycles. The average Bonchev–Trinajstić information content (AvgIpc) is 4.12. The van der Waals surface area contributed by atoms with Gasteiger partial charge >= 0.3 is 5.97 Å². The summed E-state index contributed by atoms with van der Waals surface area (Å²) in [7, 11) is 4.57. The van der Waals surface area contributed by atoms with Crippen LogP contribution in [0.3, 0.4) is 0 Å². The van der Waals surface area contributed by atoms with Crippen LogP contribution in [-0.4, -0.2) is 185 Å². The van der Waals surface area contributed by atoms with E-state index in [1.165, 1.54) is 35.8 Å². The Labute approximate surface area is 472 Å². The third-order valence-electron chi connectivity index (χ3n) is 16.0. The van der Waals surface area contributed by atoms with Crippen LogP contribution in [0.15, 0.2) is 24.3 Å². The molecule has 4 rings (SSSR count). The number of aliphatic hydroxyl groups excluding tert-OH is 1. The largest absolute Gasteiger partial charge is 0.497 e. The molecular formula is C59H91N7O14. The second-order valence-electron chi connectivity index (χ2n) is 23.7. The number of likely N-dealkylation sites (N-methyl/N-ethyl adjacent to an activating group) is 2. The number of aliphatic hydroxyl groups is 1. The van der Waals surface area contributed by atoms with E-state index in [0.29, 0.717) is 37.0 Å². The number of ether oxygens (including phenoxy) is 2. The SMILES string of the molecule is CC[C@H](C)[C@H]1NC(=O)[C@@H](NC(=O)[C@@H](CC(C)C)N(C)C(=O)[C@@H]2CCCN2C(=O)C(C)=O)[C@@H](C)CC(=O)[C@H](Cc2ccc(OC)cc2)N(C)CC(=O)[C@@H]2CCCN2C(=O)[C@H](CC(C)C)NC(=O)[C@@H](C)C(=O)[C@H](C(C)C)OC(=O)C[C@@H]1O. The van der Waals surface area contributed by atoms with Gasteiger partial charge in [0.05, 0.1) is 50.2 Å². The number of rotatable bonds is 15. The Kier molecular flexibility index (Phi) is 25.0. The van der Waals surface area contributed by atoms with Crippen LogP contribution in [0.4, 0.5) is 0 Å². The Hall–Kier alpha value is -6.09. The third kappa shape index (κ3) is 17.5. The maximum atomic E-state index is 15.1. The van der Waals surface area contributed by atoms with E-state index in [9.17, 15) is 48.3 Å². The number of hydrogen-bond donors (Lipinski definition) is 4. The van der Waals surface area contributed by atoms with Crippen molar-refractivity contribution in [2.75, 3.05) is 40.8 Å². The van der Waals surface area contributed by atoms with Gasteiger partial charge in [0, 0.05) is 33.5 Å². The summed E-state index contributed by atoms with van der Waals surface area (Å²) in [4.78, 5) is 161. The molecule has 446 valence electrons. The van der Waals surface area contributed by atoms with Crippen LogP contribution in [0.25, 0.3) is 0 Å². The molecule has 21 nitrogen and oxygen atoms in total. The lowest BCUT2D eigenvalue weighted by Crippen LogP contribution is -2.60. The lowest BCUT2D eigenvalue weighted by molar-refractivity contribution is -0.162. The molecule has 3 aliphatic heterocycles. The summed E-state index contributed by atoms with van der Waals surface area (Å²) < 4.78 is 11.1. The summed E-state index contributed by atoms with van der Waals surface area (Å²) in [5.41, 5.74) is 0.711. The van der Waals surface area contributed by atoms with Crippen LogP contribution in [0.5, 0.6) is 5.75 Å². The van der Waals surface area contributed by atoms with Gasteiger partial charge in [-0.25, -0.2) is 0 Å². The molecule has 21 heteroatoms. The van der Waals surface area contributed by atoms with Gasteiger partial charge in [-0.2, -0.15) is 0 Å². The van der Waals surface area contributed by atoms with Gasteiger partial charge < -0.3 is 45.2 Å². The first-order valence-electron chi connectivity index (χ1n) is 28.6. The number of nitrogens with zero attached hydrogens (tertiary/aromatic N) is 4. The van der Waals surface area contributed by atoms with E-state index in [1.807, 2.05) is 27.7 Å². The van der Waals surface area contributed by atoms with Crippen molar-refractivity contribution in [3.05, 3.63) is 29.8 Å². The first kappa shape index (κ1) is 66.4. The van der Waals surface area contributed by atoms with Gasteiger partial charge in [0.15, 0.2) is 23.5 Å². The van der Waals surface area contributed by atoms with Gasteiger partial charge in [-0.3, -0.25) is 57.6 Å². The lowest BCUT2D eigenvalue weighted by atomic mass is 9.88. The highest BCUT2D eigenvalue weighted by molar-refractivity contribution is 6.35. The van der Waals surface area contributed by atoms with Crippen molar-refractivity contribution in [1.29, 1.82) is 0 Å². The zero-order chi connectivity index (χ0) is 60.0. The smallest absolute Gasteiger partial charge is 0.309 e. The van der Waals surface area contributed by atoms with Gasteiger partial charge in [-0.05, 0) is 106 Å². The molecule has 12 atom stereocenters. The van der Waals surface area contributed by atoms with E-state index in [1.54, 1.807) is 70.8 Å². The van der Waals surface area contributed by atoms with Crippen molar-refractivity contribution < 1.29 is 67.3 Å². The Morgan fingerprint density at radius 2 is 1.50 bits per heavy atom. The number of methoxy groups -OCH3 is 1. The van der Waals surface area contributed by atoms with Crippen LogP contribution in [0.2, 0.25) is 0 Å². The third-order valence-corrected chi connectivity index (χ3v) is 16.0. The van der Waals surface area contributed by atoms with Crippen LogP contribution < -0.4 is 20.7 Å². The van der Waals surface area contributed by atoms with Gasteiger partial charge in [-0.1, -0.05) is 80.9 Å². The molecule has 3 saturated heterocycles. The molecule has 0 radical (unpaired) electrons. The number of Topliss-reactive ketones (excluding diaryl/α,β-unsaturated/α-hetero) is 4. The van der Waals surface area contributed by atoms with Crippen LogP contribution in [-0.2, 0) is 63.9 Å². The zero-order valence-corrected chi connectivity index (χ0v) is 49.7. The number of cyclic esters (lactones) is 1. The molecule has 1 aromatic carbocycles. The lowest BCUT2D eigenvalue weighted by Gasteiger charge is -2.36. The number of benzene rings is 1. The van der Waals surface area contributed by atoms with Gasteiger partial charge in [0.2, 0.25) is 35.3 Å². The number of hydrogen-bond acceptors (Lipinski definition) is 15. The zero-order valence-electron chi connectivity index (χ0n) is 49.7. The number of fused-ring (bicyclic) bond motifs is 1. The second-order valence-corrected chi connectivity index (χ2v) is 23.7. The first-order chi connectivity index (χ1) is 37.5. The predicted molar refractivity (Wildman–Crippen MR) is 297 cm³/mol. The maximum Gasteiger partial charge on any atom is 0.309 e. The van der Waals surface area contributed by atoms with Crippen LogP contribution >= 0.6 is 0 Å². The van der Waals surface area contributed by atoms with Crippen molar-refractivity contribution in [2.24, 2.45) is 35.5 Å². The summed E-state index contributed by atoms with van der Waals surface area (Å²) in [6.07, 6.45) is -1.83. The van der Waals surface area contributed by atoms with E-state index in [4.69, 9.17) is 9.47 Å². The Morgan fingerprint density at radius 3 is 2.08 bits per heavy atom. The van der Waals surface area contributed by atoms with Crippen molar-refractivity contribution in [2.45, 2.75) is 195 Å². The molecule has 1 aromatic rings. The maximum absolute atomic E-state index is 15.1. The molecule has 0 unspecified atom stereocenters. The molecule has 6 amide bonds. The fraction of sp³-hybridized carbons (Fsp3) is 0.712. The quantitative estimate of drug-likeness (QED) is 0.112. The predicted octanol–water partition coefficient (Wildman–Crippen LogP) is 3.23. The highest BCUT2D eigenvalue weighted by Crippen LogP contribution is 2.27. The molecule has 0 saturated carbocycles. The average molecular weight is 1120 g/mol. The molecule has 3 aliphatic rings. The summed E-state index contributed by atoms with van der Waals surface area (Å²) in [5, 5.41) is 20.4. The second kappa shape index (κ2) is 30.1. The van der Waals surface area contributed by atoms with Gasteiger partial charge in [0.1, 0.15) is 29.9 Å². The topological polar surface area (TPSA) is 276 Å². The minimum Gasteiger partial charge on any atom is -0.497 e. The van der Waals surface area contributed by atoms with E-state index < -0.39 is 143 Å². The van der Waals surface area contributed by atoms with Crippen LogP contribution in [0, 0.1) is 35.5 Å². The first-order valence-corrected chi connectivity index (χ1v) is 28.6. The summed E-state index contributed by atoms with van der Waals surface area (Å²) in [5.74, 6) is -10.8. The van der Waals surface area contributed by atoms with Crippen molar-refractivity contribution in [3.63, 3.8) is 0 Å². The summed E-state index contributed by atoms with van der Waals surface area (Å²) >= 11 is 0. The number of carbonyl (C=O) groups is 11. The highest BCUT2D eigenvalue weighted by atomic mass is 16.5. The van der Waals surface area contributed by atoms with E-state index >= 15 is 9.59 Å². The normalized spacial score (nSPS) is 27.5.